The summed E-state index contributed by atoms with van der Waals surface area (Å²) in [4.78, 5) is 24.3. The molecular weight excluding hydrogens is 378 g/mol. The molecule has 0 saturated carbocycles. The fourth-order valence-electron chi connectivity index (χ4n) is 2.60. The summed E-state index contributed by atoms with van der Waals surface area (Å²) in [6.45, 7) is 1.63. The number of hydrogen-bond donors (Lipinski definition) is 1. The lowest BCUT2D eigenvalue weighted by atomic mass is 10.1. The van der Waals surface area contributed by atoms with Gasteiger partial charge in [-0.1, -0.05) is 0 Å². The average molecular weight is 399 g/mol. The minimum atomic E-state index is -0.990. The maximum absolute atomic E-state index is 12.3. The number of fused-ring (bicyclic) bond motifs is 1. The fraction of sp³-hybridized carbons (Fsp3) is 0.238. The van der Waals surface area contributed by atoms with Crippen molar-refractivity contribution in [3.63, 3.8) is 0 Å². The summed E-state index contributed by atoms with van der Waals surface area (Å²) >= 11 is 0. The number of carbonyl (C=O) groups is 2. The van der Waals surface area contributed by atoms with Crippen LogP contribution in [0.3, 0.4) is 0 Å². The number of ether oxygens (including phenoxy) is 5. The molecule has 0 aliphatic carbocycles. The first-order chi connectivity index (χ1) is 14.0. The van der Waals surface area contributed by atoms with Gasteiger partial charge >= 0.3 is 5.97 Å². The summed E-state index contributed by atoms with van der Waals surface area (Å²) in [5.74, 6) is 1.21. The molecule has 0 aromatic heterocycles. The maximum atomic E-state index is 12.3. The van der Waals surface area contributed by atoms with E-state index in [1.165, 1.54) is 20.1 Å². The standard InChI is InChI=1S/C21H21NO7/c1-13(21(24)22-15-6-8-17-19(10-15)28-12-27-17)29-20(23)9-5-14-4-7-16(25-2)11-18(14)26-3/h4-11,13H,12H2,1-3H3,(H,22,24)/b9-5+. The molecule has 1 unspecified atom stereocenters. The van der Waals surface area contributed by atoms with E-state index < -0.39 is 18.0 Å². The zero-order chi connectivity index (χ0) is 20.8. The molecule has 8 heteroatoms. The zero-order valence-electron chi connectivity index (χ0n) is 16.3. The number of methoxy groups -OCH3 is 2. The second-order valence-electron chi connectivity index (χ2n) is 6.08. The molecule has 3 rings (SSSR count). The third-order valence-electron chi connectivity index (χ3n) is 4.14. The normalized spacial score (nSPS) is 13.1. The lowest BCUT2D eigenvalue weighted by Gasteiger charge is -2.13. The third kappa shape index (κ3) is 4.98. The Morgan fingerprint density at radius 3 is 2.62 bits per heavy atom. The Morgan fingerprint density at radius 1 is 1.07 bits per heavy atom. The lowest BCUT2D eigenvalue weighted by Crippen LogP contribution is -2.29. The Kier molecular flexibility index (Phi) is 6.23. The van der Waals surface area contributed by atoms with Gasteiger partial charge in [0.05, 0.1) is 14.2 Å². The molecule has 0 radical (unpaired) electrons. The van der Waals surface area contributed by atoms with Crippen LogP contribution in [0.25, 0.3) is 6.08 Å². The van der Waals surface area contributed by atoms with Crippen LogP contribution in [-0.4, -0.2) is 39.0 Å². The monoisotopic (exact) mass is 399 g/mol. The molecule has 1 amide bonds. The van der Waals surface area contributed by atoms with Crippen LogP contribution in [0.2, 0.25) is 0 Å². The van der Waals surface area contributed by atoms with E-state index in [1.54, 1.807) is 49.6 Å². The summed E-state index contributed by atoms with van der Waals surface area (Å²) in [6, 6.07) is 10.2. The Labute approximate surface area is 168 Å². The first kappa shape index (κ1) is 20.1. The van der Waals surface area contributed by atoms with Gasteiger partial charge in [0.2, 0.25) is 6.79 Å². The number of esters is 1. The van der Waals surface area contributed by atoms with Crippen LogP contribution in [0.1, 0.15) is 12.5 Å². The highest BCUT2D eigenvalue weighted by atomic mass is 16.7. The molecule has 152 valence electrons. The maximum Gasteiger partial charge on any atom is 0.331 e. The topological polar surface area (TPSA) is 92.3 Å². The largest absolute Gasteiger partial charge is 0.497 e. The van der Waals surface area contributed by atoms with E-state index in [1.807, 2.05) is 0 Å². The Morgan fingerprint density at radius 2 is 1.86 bits per heavy atom. The van der Waals surface area contributed by atoms with Gasteiger partial charge in [-0.25, -0.2) is 4.79 Å². The van der Waals surface area contributed by atoms with Crippen molar-refractivity contribution >= 4 is 23.6 Å². The zero-order valence-corrected chi connectivity index (χ0v) is 16.3. The quantitative estimate of drug-likeness (QED) is 0.565. The van der Waals surface area contributed by atoms with Crippen LogP contribution in [0.4, 0.5) is 5.69 Å². The van der Waals surface area contributed by atoms with E-state index in [-0.39, 0.29) is 6.79 Å². The van der Waals surface area contributed by atoms with Crippen molar-refractivity contribution in [2.24, 2.45) is 0 Å². The highest BCUT2D eigenvalue weighted by molar-refractivity contribution is 5.97. The SMILES string of the molecule is COc1ccc(/C=C/C(=O)OC(C)C(=O)Nc2ccc3c(c2)OCO3)c(OC)c1. The van der Waals surface area contributed by atoms with Crippen molar-refractivity contribution in [1.82, 2.24) is 0 Å². The van der Waals surface area contributed by atoms with Crippen molar-refractivity contribution in [1.29, 1.82) is 0 Å². The van der Waals surface area contributed by atoms with E-state index in [0.717, 1.165) is 0 Å². The van der Waals surface area contributed by atoms with Gasteiger partial charge in [0.15, 0.2) is 17.6 Å². The fourth-order valence-corrected chi connectivity index (χ4v) is 2.60. The number of carbonyl (C=O) groups excluding carboxylic acids is 2. The molecule has 8 nitrogen and oxygen atoms in total. The van der Waals surface area contributed by atoms with Crippen LogP contribution in [-0.2, 0) is 14.3 Å². The molecule has 1 atom stereocenters. The van der Waals surface area contributed by atoms with E-state index in [2.05, 4.69) is 5.32 Å². The Bertz CT molecular complexity index is 939. The Hall–Kier alpha value is -3.68. The molecule has 1 heterocycles. The van der Waals surface area contributed by atoms with E-state index >= 15 is 0 Å². The molecular formula is C21H21NO7. The van der Waals surface area contributed by atoms with Gasteiger partial charge in [-0.3, -0.25) is 4.79 Å². The number of rotatable bonds is 7. The number of anilines is 1. The van der Waals surface area contributed by atoms with Crippen molar-refractivity contribution in [2.75, 3.05) is 26.3 Å². The van der Waals surface area contributed by atoms with Crippen molar-refractivity contribution < 1.29 is 33.3 Å². The van der Waals surface area contributed by atoms with Crippen LogP contribution in [0, 0.1) is 0 Å². The molecule has 2 aromatic carbocycles. The molecule has 1 aliphatic heterocycles. The van der Waals surface area contributed by atoms with Gasteiger partial charge in [0, 0.05) is 29.5 Å². The predicted octanol–water partition coefficient (Wildman–Crippen LogP) is 3.02. The molecule has 0 saturated heterocycles. The van der Waals surface area contributed by atoms with Gasteiger partial charge in [-0.05, 0) is 37.3 Å². The number of nitrogens with one attached hydrogen (secondary N) is 1. The van der Waals surface area contributed by atoms with Gasteiger partial charge < -0.3 is 29.0 Å². The van der Waals surface area contributed by atoms with Crippen LogP contribution < -0.4 is 24.3 Å². The summed E-state index contributed by atoms with van der Waals surface area (Å²) in [5, 5.41) is 2.67. The minimum absolute atomic E-state index is 0.145. The van der Waals surface area contributed by atoms with Crippen molar-refractivity contribution in [3.8, 4) is 23.0 Å². The Balaban J connectivity index is 1.57. The first-order valence-corrected chi connectivity index (χ1v) is 8.81. The molecule has 2 aromatic rings. The van der Waals surface area contributed by atoms with E-state index in [4.69, 9.17) is 23.7 Å². The summed E-state index contributed by atoms with van der Waals surface area (Å²) in [7, 11) is 3.07. The minimum Gasteiger partial charge on any atom is -0.497 e. The summed E-state index contributed by atoms with van der Waals surface area (Å²) in [6.07, 6.45) is 1.79. The van der Waals surface area contributed by atoms with Crippen LogP contribution >= 0.6 is 0 Å². The lowest BCUT2D eigenvalue weighted by molar-refractivity contribution is -0.148. The second-order valence-corrected chi connectivity index (χ2v) is 6.08. The predicted molar refractivity (Wildman–Crippen MR) is 105 cm³/mol. The van der Waals surface area contributed by atoms with Crippen LogP contribution in [0.15, 0.2) is 42.5 Å². The van der Waals surface area contributed by atoms with Gasteiger partial charge in [-0.2, -0.15) is 0 Å². The molecule has 0 bridgehead atoms. The molecule has 0 spiro atoms. The summed E-state index contributed by atoms with van der Waals surface area (Å²) < 4.78 is 26.1. The molecule has 1 N–H and O–H groups in total. The highest BCUT2D eigenvalue weighted by Crippen LogP contribution is 2.34. The second kappa shape index (κ2) is 9.01. The van der Waals surface area contributed by atoms with E-state index in [9.17, 15) is 9.59 Å². The number of hydrogen-bond acceptors (Lipinski definition) is 7. The van der Waals surface area contributed by atoms with Crippen molar-refractivity contribution in [2.45, 2.75) is 13.0 Å². The average Bonchev–Trinajstić information content (AvgIpc) is 3.19. The smallest absolute Gasteiger partial charge is 0.331 e. The van der Waals surface area contributed by atoms with Gasteiger partial charge in [0.1, 0.15) is 11.5 Å². The number of amides is 1. The summed E-state index contributed by atoms with van der Waals surface area (Å²) in [5.41, 5.74) is 1.18. The van der Waals surface area contributed by atoms with E-state index in [0.29, 0.717) is 34.2 Å². The molecule has 29 heavy (non-hydrogen) atoms. The first-order valence-electron chi connectivity index (χ1n) is 8.81. The van der Waals surface area contributed by atoms with Crippen molar-refractivity contribution in [3.05, 3.63) is 48.0 Å². The van der Waals surface area contributed by atoms with Gasteiger partial charge in [-0.15, -0.1) is 0 Å². The van der Waals surface area contributed by atoms with Gasteiger partial charge in [0.25, 0.3) is 5.91 Å². The molecule has 0 fully saturated rings. The third-order valence-corrected chi connectivity index (χ3v) is 4.14. The highest BCUT2D eigenvalue weighted by Gasteiger charge is 2.19. The van der Waals surface area contributed by atoms with Crippen LogP contribution in [0.5, 0.6) is 23.0 Å². The molecule has 1 aliphatic rings. The number of benzene rings is 2.